The number of aliphatic hydroxyl groups excluding tert-OH is 1. The highest BCUT2D eigenvalue weighted by molar-refractivity contribution is 5.41. The van der Waals surface area contributed by atoms with Gasteiger partial charge < -0.3 is 5.11 Å². The highest BCUT2D eigenvalue weighted by atomic mass is 16.3. The van der Waals surface area contributed by atoms with Crippen molar-refractivity contribution >= 4 is 0 Å². The summed E-state index contributed by atoms with van der Waals surface area (Å²) in [5.74, 6) is 2.50. The van der Waals surface area contributed by atoms with E-state index in [-0.39, 0.29) is 6.10 Å². The normalized spacial score (nSPS) is 46.7. The number of hydrogen-bond acceptors (Lipinski definition) is 1. The Morgan fingerprint density at radius 2 is 1.88 bits per heavy atom. The summed E-state index contributed by atoms with van der Waals surface area (Å²) in [6, 6.07) is 0. The zero-order valence-corrected chi connectivity index (χ0v) is 16.6. The Morgan fingerprint density at radius 3 is 2.64 bits per heavy atom. The lowest BCUT2D eigenvalue weighted by molar-refractivity contribution is -0.0288. The van der Waals surface area contributed by atoms with Crippen LogP contribution in [0.5, 0.6) is 0 Å². The lowest BCUT2D eigenvalue weighted by Gasteiger charge is -2.57. The maximum Gasteiger partial charge on any atom is 0.0577 e. The van der Waals surface area contributed by atoms with Gasteiger partial charge in [-0.05, 0) is 92.4 Å². The maximum atomic E-state index is 10.1. The first-order valence-electron chi connectivity index (χ1n) is 10.7. The van der Waals surface area contributed by atoms with Crippen LogP contribution in [0, 0.1) is 28.6 Å². The Labute approximate surface area is 154 Å². The molecule has 0 saturated heterocycles. The highest BCUT2D eigenvalue weighted by Crippen LogP contribution is 2.65. The molecule has 0 aliphatic heterocycles. The molecule has 2 saturated carbocycles. The molecule has 0 aromatic heterocycles. The molecule has 138 valence electrons. The summed E-state index contributed by atoms with van der Waals surface area (Å²) in [6.45, 7) is 9.67. The summed E-state index contributed by atoms with van der Waals surface area (Å²) < 4.78 is 0. The zero-order chi connectivity index (χ0) is 17.8. The zero-order valence-electron chi connectivity index (χ0n) is 16.6. The van der Waals surface area contributed by atoms with Crippen LogP contribution in [0.25, 0.3) is 0 Å². The smallest absolute Gasteiger partial charge is 0.0577 e. The lowest BCUT2D eigenvalue weighted by atomic mass is 9.47. The minimum atomic E-state index is -0.0914. The van der Waals surface area contributed by atoms with Crippen LogP contribution in [0.15, 0.2) is 34.9 Å². The summed E-state index contributed by atoms with van der Waals surface area (Å²) in [5, 5.41) is 10.1. The molecule has 2 fully saturated rings. The average Bonchev–Trinajstić information content (AvgIpc) is 2.93. The molecule has 0 aromatic carbocycles. The third kappa shape index (κ3) is 2.52. The molecule has 25 heavy (non-hydrogen) atoms. The van der Waals surface area contributed by atoms with Gasteiger partial charge in [-0.3, -0.25) is 0 Å². The van der Waals surface area contributed by atoms with Gasteiger partial charge in [-0.2, -0.15) is 0 Å². The summed E-state index contributed by atoms with van der Waals surface area (Å²) in [7, 11) is 0. The first-order chi connectivity index (χ1) is 11.9. The number of rotatable bonds is 2. The second kappa shape index (κ2) is 6.12. The van der Waals surface area contributed by atoms with Crippen LogP contribution in [-0.4, -0.2) is 11.2 Å². The van der Waals surface area contributed by atoms with E-state index in [1.165, 1.54) is 37.7 Å². The van der Waals surface area contributed by atoms with Gasteiger partial charge in [-0.25, -0.2) is 0 Å². The fourth-order valence-corrected chi connectivity index (χ4v) is 7.24. The van der Waals surface area contributed by atoms with E-state index < -0.39 is 0 Å². The van der Waals surface area contributed by atoms with Gasteiger partial charge in [0.25, 0.3) is 0 Å². The number of aliphatic hydroxyl groups is 1. The second-order valence-corrected chi connectivity index (χ2v) is 9.76. The van der Waals surface area contributed by atoms with Gasteiger partial charge in [-0.1, -0.05) is 50.1 Å². The fraction of sp³-hybridized carbons (Fsp3) is 0.750. The minimum Gasteiger partial charge on any atom is -0.393 e. The summed E-state index contributed by atoms with van der Waals surface area (Å²) in [5.41, 5.74) is 5.54. The Hall–Kier alpha value is -0.820. The van der Waals surface area contributed by atoms with Gasteiger partial charge in [0.05, 0.1) is 6.10 Å². The van der Waals surface area contributed by atoms with Gasteiger partial charge in [0.1, 0.15) is 0 Å². The van der Waals surface area contributed by atoms with Crippen LogP contribution < -0.4 is 0 Å². The molecule has 1 nitrogen and oxygen atoms in total. The fourth-order valence-electron chi connectivity index (χ4n) is 7.24. The van der Waals surface area contributed by atoms with Crippen molar-refractivity contribution in [1.29, 1.82) is 0 Å². The molecular formula is C24H36O. The van der Waals surface area contributed by atoms with Gasteiger partial charge in [0, 0.05) is 0 Å². The first-order valence-corrected chi connectivity index (χ1v) is 10.7. The molecule has 6 atom stereocenters. The summed E-state index contributed by atoms with van der Waals surface area (Å²) in [4.78, 5) is 0. The molecule has 0 spiro atoms. The molecule has 0 heterocycles. The van der Waals surface area contributed by atoms with Crippen LogP contribution >= 0.6 is 0 Å². The van der Waals surface area contributed by atoms with Crippen LogP contribution in [0.2, 0.25) is 0 Å². The van der Waals surface area contributed by atoms with Crippen molar-refractivity contribution < 1.29 is 5.11 Å². The predicted octanol–water partition coefficient (Wildman–Crippen LogP) is 6.20. The number of hydrogen-bond donors (Lipinski definition) is 1. The predicted molar refractivity (Wildman–Crippen MR) is 105 cm³/mol. The van der Waals surface area contributed by atoms with E-state index in [9.17, 15) is 5.11 Å². The Bertz CT molecular complexity index is 638. The van der Waals surface area contributed by atoms with E-state index in [0.29, 0.717) is 10.8 Å². The van der Waals surface area contributed by atoms with Crippen LogP contribution in [-0.2, 0) is 0 Å². The van der Waals surface area contributed by atoms with Gasteiger partial charge in [-0.15, -0.1) is 0 Å². The summed E-state index contributed by atoms with van der Waals surface area (Å²) in [6.07, 6.45) is 17.0. The van der Waals surface area contributed by atoms with Crippen molar-refractivity contribution in [2.45, 2.75) is 85.2 Å². The van der Waals surface area contributed by atoms with E-state index in [2.05, 4.69) is 45.9 Å². The third-order valence-electron chi connectivity index (χ3n) is 8.59. The van der Waals surface area contributed by atoms with Crippen molar-refractivity contribution in [1.82, 2.24) is 0 Å². The average molecular weight is 341 g/mol. The van der Waals surface area contributed by atoms with Crippen LogP contribution in [0.1, 0.15) is 79.1 Å². The molecule has 0 bridgehead atoms. The van der Waals surface area contributed by atoms with Crippen molar-refractivity contribution in [2.75, 3.05) is 0 Å². The maximum absolute atomic E-state index is 10.1. The topological polar surface area (TPSA) is 20.2 Å². The molecule has 4 aliphatic rings. The molecule has 4 rings (SSSR count). The third-order valence-corrected chi connectivity index (χ3v) is 8.59. The lowest BCUT2D eigenvalue weighted by Crippen LogP contribution is -2.50. The van der Waals surface area contributed by atoms with Crippen molar-refractivity contribution in [3.63, 3.8) is 0 Å². The van der Waals surface area contributed by atoms with Crippen molar-refractivity contribution in [3.8, 4) is 0 Å². The molecular weight excluding hydrogens is 304 g/mol. The van der Waals surface area contributed by atoms with Crippen LogP contribution in [0.3, 0.4) is 0 Å². The number of fused-ring (bicyclic) bond motifs is 5. The van der Waals surface area contributed by atoms with Gasteiger partial charge in [0.15, 0.2) is 0 Å². The standard InChI is InChI=1S/C24H36O/c1-5-6-16(2)20-9-10-21-19-8-7-17-15-18(25)11-13-23(17,3)22(19)12-14-24(20,21)4/h6-7,9,18-19,21-22,25H,5,8,10-15H2,1-4H3/b16-6+/t18-,19?,21?,22?,23?,24?/m0/s1. The molecule has 5 unspecified atom stereocenters. The molecule has 1 N–H and O–H groups in total. The molecule has 1 heteroatoms. The monoisotopic (exact) mass is 340 g/mol. The number of allylic oxidation sites excluding steroid dienone is 5. The molecule has 4 aliphatic carbocycles. The summed E-state index contributed by atoms with van der Waals surface area (Å²) >= 11 is 0. The highest BCUT2D eigenvalue weighted by Gasteiger charge is 2.56. The Balaban J connectivity index is 1.64. The van der Waals surface area contributed by atoms with E-state index in [0.717, 1.165) is 37.0 Å². The molecule has 0 aromatic rings. The van der Waals surface area contributed by atoms with Crippen LogP contribution in [0.4, 0.5) is 0 Å². The first kappa shape index (κ1) is 17.6. The van der Waals surface area contributed by atoms with E-state index in [4.69, 9.17) is 0 Å². The van der Waals surface area contributed by atoms with Gasteiger partial charge in [0.2, 0.25) is 0 Å². The van der Waals surface area contributed by atoms with E-state index in [1.807, 2.05) is 0 Å². The molecule has 0 radical (unpaired) electrons. The minimum absolute atomic E-state index is 0.0914. The van der Waals surface area contributed by atoms with Crippen molar-refractivity contribution in [3.05, 3.63) is 34.9 Å². The SMILES string of the molecule is CC/C=C(\C)C1=CCC2C3CC=C4C[C@@H](O)CCC4(C)C3CCC12C. The van der Waals surface area contributed by atoms with E-state index in [1.54, 1.807) is 11.1 Å². The van der Waals surface area contributed by atoms with Crippen molar-refractivity contribution in [2.24, 2.45) is 28.6 Å². The molecule has 0 amide bonds. The van der Waals surface area contributed by atoms with E-state index >= 15 is 0 Å². The Morgan fingerprint density at radius 1 is 1.12 bits per heavy atom. The second-order valence-electron chi connectivity index (χ2n) is 9.76. The van der Waals surface area contributed by atoms with Gasteiger partial charge >= 0.3 is 0 Å². The Kier molecular flexibility index (Phi) is 4.30. The largest absolute Gasteiger partial charge is 0.393 e. The quantitative estimate of drug-likeness (QED) is 0.593.